The predicted molar refractivity (Wildman–Crippen MR) is 61.3 cm³/mol. The van der Waals surface area contributed by atoms with Crippen LogP contribution in [0.2, 0.25) is 0 Å². The third-order valence-corrected chi connectivity index (χ3v) is 2.51. The van der Waals surface area contributed by atoms with Crippen LogP contribution in [0.4, 0.5) is 0 Å². The SMILES string of the molecule is CC(C)(C(=O)O)C(=O)NCCCn1cccn1. The van der Waals surface area contributed by atoms with Crippen LogP contribution >= 0.6 is 0 Å². The van der Waals surface area contributed by atoms with Gasteiger partial charge in [-0.1, -0.05) is 0 Å². The molecule has 0 radical (unpaired) electrons. The number of carboxylic acid groups (broad SMARTS) is 1. The Morgan fingerprint density at radius 2 is 2.18 bits per heavy atom. The van der Waals surface area contributed by atoms with E-state index in [2.05, 4.69) is 10.4 Å². The van der Waals surface area contributed by atoms with Gasteiger partial charge < -0.3 is 10.4 Å². The minimum Gasteiger partial charge on any atom is -0.480 e. The Labute approximate surface area is 99.6 Å². The van der Waals surface area contributed by atoms with Gasteiger partial charge in [0.1, 0.15) is 5.41 Å². The first-order valence-corrected chi connectivity index (χ1v) is 5.43. The Morgan fingerprint density at radius 3 is 2.71 bits per heavy atom. The van der Waals surface area contributed by atoms with Crippen LogP contribution in [-0.2, 0) is 16.1 Å². The molecule has 1 amide bonds. The number of hydrogen-bond donors (Lipinski definition) is 2. The average molecular weight is 239 g/mol. The highest BCUT2D eigenvalue weighted by Gasteiger charge is 2.35. The lowest BCUT2D eigenvalue weighted by molar-refractivity contribution is -0.153. The summed E-state index contributed by atoms with van der Waals surface area (Å²) in [6.45, 7) is 3.91. The summed E-state index contributed by atoms with van der Waals surface area (Å²) < 4.78 is 1.76. The van der Waals surface area contributed by atoms with Crippen LogP contribution in [0.5, 0.6) is 0 Å². The van der Waals surface area contributed by atoms with Gasteiger partial charge in [-0.15, -0.1) is 0 Å². The van der Waals surface area contributed by atoms with E-state index in [9.17, 15) is 9.59 Å². The van der Waals surface area contributed by atoms with Crippen molar-refractivity contribution in [1.82, 2.24) is 15.1 Å². The molecule has 0 aliphatic rings. The Morgan fingerprint density at radius 1 is 1.47 bits per heavy atom. The van der Waals surface area contributed by atoms with Gasteiger partial charge in [0.2, 0.25) is 5.91 Å². The minimum absolute atomic E-state index is 0.440. The lowest BCUT2D eigenvalue weighted by Gasteiger charge is -2.18. The zero-order valence-corrected chi connectivity index (χ0v) is 10.0. The van der Waals surface area contributed by atoms with Crippen LogP contribution in [0.3, 0.4) is 0 Å². The number of nitrogens with one attached hydrogen (secondary N) is 1. The van der Waals surface area contributed by atoms with E-state index < -0.39 is 17.3 Å². The smallest absolute Gasteiger partial charge is 0.318 e. The third-order valence-electron chi connectivity index (χ3n) is 2.51. The monoisotopic (exact) mass is 239 g/mol. The highest BCUT2D eigenvalue weighted by Crippen LogP contribution is 2.14. The van der Waals surface area contributed by atoms with E-state index in [0.29, 0.717) is 19.5 Å². The number of aryl methyl sites for hydroxylation is 1. The van der Waals surface area contributed by atoms with Crippen molar-refractivity contribution in [3.63, 3.8) is 0 Å². The first-order chi connectivity index (χ1) is 7.94. The van der Waals surface area contributed by atoms with Crippen molar-refractivity contribution in [2.75, 3.05) is 6.54 Å². The number of amides is 1. The number of carbonyl (C=O) groups is 2. The number of carboxylic acids is 1. The number of nitrogens with zero attached hydrogens (tertiary/aromatic N) is 2. The Hall–Kier alpha value is -1.85. The van der Waals surface area contributed by atoms with E-state index in [1.165, 1.54) is 13.8 Å². The topological polar surface area (TPSA) is 84.2 Å². The van der Waals surface area contributed by atoms with Gasteiger partial charge >= 0.3 is 5.97 Å². The molecule has 0 spiro atoms. The van der Waals surface area contributed by atoms with Crippen molar-refractivity contribution in [2.45, 2.75) is 26.8 Å². The van der Waals surface area contributed by atoms with Crippen molar-refractivity contribution < 1.29 is 14.7 Å². The highest BCUT2D eigenvalue weighted by molar-refractivity contribution is 6.00. The quantitative estimate of drug-likeness (QED) is 0.559. The number of carbonyl (C=O) groups excluding carboxylic acids is 1. The molecule has 0 fully saturated rings. The summed E-state index contributed by atoms with van der Waals surface area (Å²) in [5.41, 5.74) is -1.38. The van der Waals surface area contributed by atoms with E-state index in [4.69, 9.17) is 5.11 Å². The van der Waals surface area contributed by atoms with Crippen LogP contribution < -0.4 is 5.32 Å². The molecule has 6 nitrogen and oxygen atoms in total. The molecule has 0 unspecified atom stereocenters. The maximum Gasteiger partial charge on any atom is 0.318 e. The highest BCUT2D eigenvalue weighted by atomic mass is 16.4. The molecule has 1 aromatic heterocycles. The molecule has 0 aliphatic heterocycles. The molecule has 1 aromatic rings. The van der Waals surface area contributed by atoms with Crippen LogP contribution in [0.1, 0.15) is 20.3 Å². The molecular weight excluding hydrogens is 222 g/mol. The van der Waals surface area contributed by atoms with Crippen molar-refractivity contribution in [1.29, 1.82) is 0 Å². The Kier molecular flexibility index (Phi) is 4.25. The second kappa shape index (κ2) is 5.47. The van der Waals surface area contributed by atoms with Gasteiger partial charge in [-0.25, -0.2) is 0 Å². The fraction of sp³-hybridized carbons (Fsp3) is 0.545. The zero-order chi connectivity index (χ0) is 12.9. The molecule has 1 rings (SSSR count). The molecule has 0 atom stereocenters. The van der Waals surface area contributed by atoms with E-state index >= 15 is 0 Å². The first-order valence-electron chi connectivity index (χ1n) is 5.43. The number of aromatic nitrogens is 2. The van der Waals surface area contributed by atoms with Gasteiger partial charge in [0, 0.05) is 25.5 Å². The normalized spacial score (nSPS) is 11.2. The van der Waals surface area contributed by atoms with Crippen molar-refractivity contribution in [3.8, 4) is 0 Å². The van der Waals surface area contributed by atoms with E-state index in [-0.39, 0.29) is 0 Å². The van der Waals surface area contributed by atoms with Gasteiger partial charge in [-0.2, -0.15) is 5.10 Å². The molecule has 2 N–H and O–H groups in total. The fourth-order valence-electron chi connectivity index (χ4n) is 1.19. The Bertz CT molecular complexity index is 385. The minimum atomic E-state index is -1.38. The molecule has 0 saturated heterocycles. The van der Waals surface area contributed by atoms with Crippen molar-refractivity contribution >= 4 is 11.9 Å². The van der Waals surface area contributed by atoms with Crippen LogP contribution in [0.15, 0.2) is 18.5 Å². The van der Waals surface area contributed by atoms with E-state index in [1.54, 1.807) is 10.9 Å². The maximum absolute atomic E-state index is 11.6. The molecule has 1 heterocycles. The summed E-state index contributed by atoms with van der Waals surface area (Å²) in [4.78, 5) is 22.4. The summed E-state index contributed by atoms with van der Waals surface area (Å²) in [5, 5.41) is 15.5. The van der Waals surface area contributed by atoms with E-state index in [1.807, 2.05) is 12.3 Å². The molecule has 0 aliphatic carbocycles. The van der Waals surface area contributed by atoms with Gasteiger partial charge in [0.25, 0.3) is 0 Å². The number of rotatable bonds is 6. The summed E-state index contributed by atoms with van der Waals surface area (Å²) in [7, 11) is 0. The summed E-state index contributed by atoms with van der Waals surface area (Å²) in [6, 6.07) is 1.83. The van der Waals surface area contributed by atoms with Gasteiger partial charge in [0.05, 0.1) is 0 Å². The molecular formula is C11H17N3O3. The van der Waals surface area contributed by atoms with Gasteiger partial charge in [-0.3, -0.25) is 14.3 Å². The molecule has 0 saturated carbocycles. The molecule has 0 bridgehead atoms. The lowest BCUT2D eigenvalue weighted by Crippen LogP contribution is -2.42. The summed E-state index contributed by atoms with van der Waals surface area (Å²) in [5.74, 6) is -1.59. The molecule has 6 heteroatoms. The largest absolute Gasteiger partial charge is 0.480 e. The van der Waals surface area contributed by atoms with Crippen LogP contribution in [0, 0.1) is 5.41 Å². The number of aliphatic carboxylic acids is 1. The van der Waals surface area contributed by atoms with E-state index in [0.717, 1.165) is 0 Å². The van der Waals surface area contributed by atoms with Crippen molar-refractivity contribution in [2.24, 2.45) is 5.41 Å². The van der Waals surface area contributed by atoms with Crippen LogP contribution in [-0.4, -0.2) is 33.3 Å². The summed E-state index contributed by atoms with van der Waals surface area (Å²) in [6.07, 6.45) is 4.23. The number of hydrogen-bond acceptors (Lipinski definition) is 3. The fourth-order valence-corrected chi connectivity index (χ4v) is 1.19. The maximum atomic E-state index is 11.6. The lowest BCUT2D eigenvalue weighted by atomic mass is 9.93. The predicted octanol–water partition coefficient (Wildman–Crippen LogP) is 0.500. The third kappa shape index (κ3) is 3.58. The van der Waals surface area contributed by atoms with Gasteiger partial charge in [-0.05, 0) is 26.3 Å². The first kappa shape index (κ1) is 13.2. The molecule has 94 valence electrons. The molecule has 17 heavy (non-hydrogen) atoms. The zero-order valence-electron chi connectivity index (χ0n) is 10.0. The second-order valence-corrected chi connectivity index (χ2v) is 4.31. The van der Waals surface area contributed by atoms with Crippen molar-refractivity contribution in [3.05, 3.63) is 18.5 Å². The average Bonchev–Trinajstić information content (AvgIpc) is 2.76. The standard InChI is InChI=1S/C11H17N3O3/c1-11(2,10(16)17)9(15)12-5-3-7-14-8-4-6-13-14/h4,6,8H,3,5,7H2,1-2H3,(H,12,15)(H,16,17). The van der Waals surface area contributed by atoms with Gasteiger partial charge in [0.15, 0.2) is 0 Å². The van der Waals surface area contributed by atoms with Crippen LogP contribution in [0.25, 0.3) is 0 Å². The Balaban J connectivity index is 2.27. The summed E-state index contributed by atoms with van der Waals surface area (Å²) >= 11 is 0. The second-order valence-electron chi connectivity index (χ2n) is 4.31. The molecule has 0 aromatic carbocycles.